The molecule has 0 heterocycles. The molecule has 0 saturated carbocycles. The van der Waals surface area contributed by atoms with Crippen LogP contribution < -0.4 is 5.43 Å². The lowest BCUT2D eigenvalue weighted by molar-refractivity contribution is -0.118. The van der Waals surface area contributed by atoms with Gasteiger partial charge in [-0.1, -0.05) is 54.1 Å². The summed E-state index contributed by atoms with van der Waals surface area (Å²) < 4.78 is 0. The predicted molar refractivity (Wildman–Crippen MR) is 94.4 cm³/mol. The summed E-state index contributed by atoms with van der Waals surface area (Å²) in [6, 6.07) is 17.4. The number of benzene rings is 2. The van der Waals surface area contributed by atoms with Crippen LogP contribution in [0, 0.1) is 0 Å². The second kappa shape index (κ2) is 8.61. The molecular formula is C17H17ClN2OS. The molecule has 2 rings (SSSR count). The van der Waals surface area contributed by atoms with Crippen LogP contribution in [0.15, 0.2) is 59.7 Å². The van der Waals surface area contributed by atoms with Gasteiger partial charge in [0, 0.05) is 10.8 Å². The van der Waals surface area contributed by atoms with E-state index in [0.717, 1.165) is 17.0 Å². The van der Waals surface area contributed by atoms with Gasteiger partial charge >= 0.3 is 0 Å². The molecule has 2 aromatic rings. The molecule has 0 fully saturated rings. The number of hydrazone groups is 1. The maximum absolute atomic E-state index is 11.8. The average Bonchev–Trinajstić information content (AvgIpc) is 2.54. The van der Waals surface area contributed by atoms with Crippen molar-refractivity contribution in [2.45, 2.75) is 12.7 Å². The summed E-state index contributed by atoms with van der Waals surface area (Å²) in [7, 11) is 0. The number of thioether (sulfide) groups is 1. The van der Waals surface area contributed by atoms with Gasteiger partial charge in [-0.25, -0.2) is 5.43 Å². The molecule has 1 amide bonds. The van der Waals surface area contributed by atoms with Gasteiger partial charge in [-0.15, -0.1) is 11.8 Å². The molecule has 0 atom stereocenters. The fraction of sp³-hybridized carbons (Fsp3) is 0.176. The number of halogens is 1. The SMILES string of the molecule is C/C(=N\NC(=O)CSCc1ccccc1)c1ccc(Cl)cc1. The molecule has 0 aliphatic carbocycles. The zero-order valence-electron chi connectivity index (χ0n) is 12.3. The molecule has 114 valence electrons. The Morgan fingerprint density at radius 3 is 2.50 bits per heavy atom. The van der Waals surface area contributed by atoms with Crippen molar-refractivity contribution >= 4 is 35.0 Å². The van der Waals surface area contributed by atoms with Gasteiger partial charge in [0.2, 0.25) is 5.91 Å². The second-order valence-corrected chi connectivity index (χ2v) is 6.14. The van der Waals surface area contributed by atoms with Gasteiger partial charge in [-0.3, -0.25) is 4.79 Å². The minimum Gasteiger partial charge on any atom is -0.272 e. The van der Waals surface area contributed by atoms with Crippen LogP contribution in [-0.4, -0.2) is 17.4 Å². The van der Waals surface area contributed by atoms with E-state index in [4.69, 9.17) is 11.6 Å². The zero-order chi connectivity index (χ0) is 15.8. The number of carbonyl (C=O) groups excluding carboxylic acids is 1. The Kier molecular flexibility index (Phi) is 6.49. The highest BCUT2D eigenvalue weighted by Gasteiger charge is 2.02. The number of hydrogen-bond donors (Lipinski definition) is 1. The van der Waals surface area contributed by atoms with E-state index in [1.165, 1.54) is 5.56 Å². The molecular weight excluding hydrogens is 316 g/mol. The number of nitrogens with one attached hydrogen (secondary N) is 1. The Morgan fingerprint density at radius 2 is 1.82 bits per heavy atom. The van der Waals surface area contributed by atoms with E-state index < -0.39 is 0 Å². The van der Waals surface area contributed by atoms with Crippen LogP contribution in [0.4, 0.5) is 0 Å². The van der Waals surface area contributed by atoms with E-state index in [2.05, 4.69) is 10.5 Å². The van der Waals surface area contributed by atoms with E-state index in [1.807, 2.05) is 49.4 Å². The predicted octanol–water partition coefficient (Wildman–Crippen LogP) is 4.11. The van der Waals surface area contributed by atoms with Crippen LogP contribution in [0.2, 0.25) is 5.02 Å². The molecule has 3 nitrogen and oxygen atoms in total. The molecule has 1 N–H and O–H groups in total. The summed E-state index contributed by atoms with van der Waals surface area (Å²) in [4.78, 5) is 11.8. The van der Waals surface area contributed by atoms with Gasteiger partial charge < -0.3 is 0 Å². The third-order valence-electron chi connectivity index (χ3n) is 2.96. The molecule has 0 unspecified atom stereocenters. The number of rotatable bonds is 6. The highest BCUT2D eigenvalue weighted by atomic mass is 35.5. The Labute approximate surface area is 139 Å². The van der Waals surface area contributed by atoms with E-state index >= 15 is 0 Å². The fourth-order valence-corrected chi connectivity index (χ4v) is 2.68. The molecule has 5 heteroatoms. The van der Waals surface area contributed by atoms with Crippen LogP contribution >= 0.6 is 23.4 Å². The zero-order valence-corrected chi connectivity index (χ0v) is 13.8. The van der Waals surface area contributed by atoms with Crippen molar-refractivity contribution in [3.8, 4) is 0 Å². The number of nitrogens with zero attached hydrogens (tertiary/aromatic N) is 1. The number of carbonyl (C=O) groups is 1. The lowest BCUT2D eigenvalue weighted by Gasteiger charge is -2.04. The Bertz CT molecular complexity index is 641. The average molecular weight is 333 g/mol. The first-order chi connectivity index (χ1) is 10.6. The van der Waals surface area contributed by atoms with Crippen LogP contribution in [-0.2, 0) is 10.5 Å². The van der Waals surface area contributed by atoms with Crippen molar-refractivity contribution in [1.29, 1.82) is 0 Å². The first kappa shape index (κ1) is 16.6. The molecule has 0 spiro atoms. The lowest BCUT2D eigenvalue weighted by atomic mass is 10.1. The molecule has 0 aliphatic heterocycles. The minimum absolute atomic E-state index is 0.103. The maximum atomic E-state index is 11.8. The molecule has 2 aromatic carbocycles. The van der Waals surface area contributed by atoms with Crippen LogP contribution in [0.25, 0.3) is 0 Å². The topological polar surface area (TPSA) is 41.5 Å². The van der Waals surface area contributed by atoms with Gasteiger partial charge in [-0.2, -0.15) is 5.10 Å². The summed E-state index contributed by atoms with van der Waals surface area (Å²) in [5.74, 6) is 1.09. The van der Waals surface area contributed by atoms with E-state index in [0.29, 0.717) is 10.8 Å². The normalized spacial score (nSPS) is 11.3. The second-order valence-electron chi connectivity index (χ2n) is 4.72. The van der Waals surface area contributed by atoms with Crippen molar-refractivity contribution in [3.05, 3.63) is 70.7 Å². The molecule has 22 heavy (non-hydrogen) atoms. The van der Waals surface area contributed by atoms with Crippen LogP contribution in [0.3, 0.4) is 0 Å². The molecule has 0 aromatic heterocycles. The largest absolute Gasteiger partial charge is 0.272 e. The third kappa shape index (κ3) is 5.54. The molecule has 0 radical (unpaired) electrons. The first-order valence-corrected chi connectivity index (χ1v) is 8.39. The number of hydrogen-bond acceptors (Lipinski definition) is 3. The van der Waals surface area contributed by atoms with Crippen LogP contribution in [0.1, 0.15) is 18.1 Å². The highest BCUT2D eigenvalue weighted by Crippen LogP contribution is 2.12. The van der Waals surface area contributed by atoms with Gasteiger partial charge in [-0.05, 0) is 30.2 Å². The van der Waals surface area contributed by atoms with Crippen molar-refractivity contribution in [1.82, 2.24) is 5.43 Å². The quantitative estimate of drug-likeness (QED) is 0.638. The van der Waals surface area contributed by atoms with E-state index in [-0.39, 0.29) is 5.91 Å². The maximum Gasteiger partial charge on any atom is 0.250 e. The summed E-state index contributed by atoms with van der Waals surface area (Å²) in [5.41, 5.74) is 5.47. The van der Waals surface area contributed by atoms with Crippen molar-refractivity contribution in [2.75, 3.05) is 5.75 Å². The van der Waals surface area contributed by atoms with Gasteiger partial charge in [0.25, 0.3) is 0 Å². The molecule has 0 saturated heterocycles. The van der Waals surface area contributed by atoms with Crippen molar-refractivity contribution < 1.29 is 4.79 Å². The Morgan fingerprint density at radius 1 is 1.14 bits per heavy atom. The highest BCUT2D eigenvalue weighted by molar-refractivity contribution is 7.99. The summed E-state index contributed by atoms with van der Waals surface area (Å²) in [5, 5.41) is 4.79. The molecule has 0 aliphatic rings. The lowest BCUT2D eigenvalue weighted by Crippen LogP contribution is -2.21. The van der Waals surface area contributed by atoms with E-state index in [1.54, 1.807) is 23.9 Å². The Balaban J connectivity index is 1.77. The van der Waals surface area contributed by atoms with Crippen molar-refractivity contribution in [2.24, 2.45) is 5.10 Å². The fourth-order valence-electron chi connectivity index (χ4n) is 1.77. The summed E-state index contributed by atoms with van der Waals surface area (Å²) in [6.07, 6.45) is 0. The summed E-state index contributed by atoms with van der Waals surface area (Å²) in [6.45, 7) is 1.85. The third-order valence-corrected chi connectivity index (χ3v) is 4.21. The Hall–Kier alpha value is -1.78. The van der Waals surface area contributed by atoms with Gasteiger partial charge in [0.15, 0.2) is 0 Å². The smallest absolute Gasteiger partial charge is 0.250 e. The minimum atomic E-state index is -0.103. The van der Waals surface area contributed by atoms with Crippen LogP contribution in [0.5, 0.6) is 0 Å². The first-order valence-electron chi connectivity index (χ1n) is 6.86. The van der Waals surface area contributed by atoms with Crippen molar-refractivity contribution in [3.63, 3.8) is 0 Å². The van der Waals surface area contributed by atoms with Gasteiger partial charge in [0.1, 0.15) is 0 Å². The van der Waals surface area contributed by atoms with Gasteiger partial charge in [0.05, 0.1) is 11.5 Å². The molecule has 0 bridgehead atoms. The standard InChI is InChI=1S/C17H17ClN2OS/c1-13(15-7-9-16(18)10-8-15)19-20-17(21)12-22-11-14-5-3-2-4-6-14/h2-10H,11-12H2,1H3,(H,20,21)/b19-13+. The number of amides is 1. The monoisotopic (exact) mass is 332 g/mol. The summed E-state index contributed by atoms with van der Waals surface area (Å²) >= 11 is 7.40. The van der Waals surface area contributed by atoms with E-state index in [9.17, 15) is 4.79 Å².